The van der Waals surface area contributed by atoms with Crippen molar-refractivity contribution >= 4 is 0 Å². The summed E-state index contributed by atoms with van der Waals surface area (Å²) in [6.07, 6.45) is 9.40. The van der Waals surface area contributed by atoms with E-state index in [2.05, 4.69) is 50.7 Å². The minimum Gasteiger partial charge on any atom is -0.337 e. The number of piperidine rings is 1. The summed E-state index contributed by atoms with van der Waals surface area (Å²) in [5.41, 5.74) is 3.59. The molecule has 1 saturated carbocycles. The van der Waals surface area contributed by atoms with E-state index in [1.54, 1.807) is 11.1 Å². The summed E-state index contributed by atoms with van der Waals surface area (Å²) in [6.45, 7) is 7.07. The molecule has 26 heavy (non-hydrogen) atoms. The Morgan fingerprint density at radius 1 is 1.12 bits per heavy atom. The first-order chi connectivity index (χ1) is 12.7. The van der Waals surface area contributed by atoms with Crippen molar-refractivity contribution in [3.05, 3.63) is 53.6 Å². The van der Waals surface area contributed by atoms with Crippen LogP contribution in [0.2, 0.25) is 0 Å². The molecular formula is C22H30N4. The van der Waals surface area contributed by atoms with Gasteiger partial charge in [-0.05, 0) is 55.8 Å². The number of hydrogen-bond donors (Lipinski definition) is 0. The molecule has 3 aliphatic rings. The van der Waals surface area contributed by atoms with E-state index in [0.29, 0.717) is 5.41 Å². The number of hydrogen-bond acceptors (Lipinski definition) is 3. The molecule has 5 rings (SSSR count). The maximum atomic E-state index is 4.51. The van der Waals surface area contributed by atoms with Gasteiger partial charge in [0.1, 0.15) is 5.82 Å². The predicted octanol–water partition coefficient (Wildman–Crippen LogP) is 3.18. The molecule has 0 bridgehead atoms. The van der Waals surface area contributed by atoms with Crippen LogP contribution in [0.25, 0.3) is 0 Å². The average Bonchev–Trinajstić information content (AvgIpc) is 3.38. The number of likely N-dealkylation sites (tertiary alicyclic amines) is 1. The largest absolute Gasteiger partial charge is 0.337 e. The summed E-state index contributed by atoms with van der Waals surface area (Å²) in [5, 5.41) is 0. The van der Waals surface area contributed by atoms with E-state index < -0.39 is 0 Å². The van der Waals surface area contributed by atoms with E-state index in [9.17, 15) is 0 Å². The Hall–Kier alpha value is -1.65. The lowest BCUT2D eigenvalue weighted by Gasteiger charge is -2.49. The Morgan fingerprint density at radius 3 is 2.65 bits per heavy atom. The normalized spacial score (nSPS) is 23.3. The van der Waals surface area contributed by atoms with Crippen LogP contribution in [0.5, 0.6) is 0 Å². The van der Waals surface area contributed by atoms with Crippen molar-refractivity contribution in [2.45, 2.75) is 44.2 Å². The fraction of sp³-hybridized carbons (Fsp3) is 0.591. The van der Waals surface area contributed by atoms with Gasteiger partial charge in [-0.15, -0.1) is 0 Å². The Bertz CT molecular complexity index is 768. The highest BCUT2D eigenvalue weighted by atomic mass is 15.2. The summed E-state index contributed by atoms with van der Waals surface area (Å²) in [7, 11) is 2.10. The van der Waals surface area contributed by atoms with Gasteiger partial charge in [0, 0.05) is 44.5 Å². The second-order valence-corrected chi connectivity index (χ2v) is 8.78. The number of imidazole rings is 1. The maximum Gasteiger partial charge on any atom is 0.122 e. The molecule has 1 spiro atoms. The molecule has 1 aromatic carbocycles. The van der Waals surface area contributed by atoms with Crippen LogP contribution in [0.15, 0.2) is 36.7 Å². The molecule has 1 aliphatic carbocycles. The van der Waals surface area contributed by atoms with Gasteiger partial charge in [0.25, 0.3) is 0 Å². The van der Waals surface area contributed by atoms with Crippen molar-refractivity contribution in [1.29, 1.82) is 0 Å². The molecule has 0 radical (unpaired) electrons. The second kappa shape index (κ2) is 6.50. The lowest BCUT2D eigenvalue weighted by molar-refractivity contribution is 0.0905. The quantitative estimate of drug-likeness (QED) is 0.846. The third-order valence-corrected chi connectivity index (χ3v) is 6.82. The molecule has 2 fully saturated rings. The Labute approximate surface area is 156 Å². The van der Waals surface area contributed by atoms with Crippen LogP contribution in [0.1, 0.15) is 42.6 Å². The highest BCUT2D eigenvalue weighted by molar-refractivity contribution is 5.38. The molecule has 0 atom stereocenters. The molecule has 0 unspecified atom stereocenters. The fourth-order valence-corrected chi connectivity index (χ4v) is 5.10. The number of aryl methyl sites for hydroxylation is 1. The van der Waals surface area contributed by atoms with E-state index in [-0.39, 0.29) is 0 Å². The number of nitrogens with zero attached hydrogens (tertiary/aromatic N) is 4. The van der Waals surface area contributed by atoms with Gasteiger partial charge >= 0.3 is 0 Å². The van der Waals surface area contributed by atoms with Crippen LogP contribution in [0.4, 0.5) is 0 Å². The first-order valence-corrected chi connectivity index (χ1v) is 10.2. The number of fused-ring (bicyclic) bond motifs is 2. The van der Waals surface area contributed by atoms with Crippen molar-refractivity contribution in [2.24, 2.45) is 13.0 Å². The molecule has 0 amide bonds. The standard InChI is InChI=1S/C22H30N4/c1-24-13-10-23-21(24)16-25-11-8-22(9-12-25)17-26(14-18-6-7-18)15-19-4-2-3-5-20(19)22/h2-5,10,13,18H,6-9,11-12,14-17H2,1H3. The highest BCUT2D eigenvalue weighted by Crippen LogP contribution is 2.43. The Morgan fingerprint density at radius 2 is 1.92 bits per heavy atom. The highest BCUT2D eigenvalue weighted by Gasteiger charge is 2.42. The molecule has 2 aliphatic heterocycles. The van der Waals surface area contributed by atoms with Gasteiger partial charge < -0.3 is 4.57 Å². The van der Waals surface area contributed by atoms with Crippen LogP contribution in [0, 0.1) is 5.92 Å². The van der Waals surface area contributed by atoms with Crippen molar-refractivity contribution in [3.8, 4) is 0 Å². The predicted molar refractivity (Wildman–Crippen MR) is 104 cm³/mol. The Balaban J connectivity index is 1.33. The van der Waals surface area contributed by atoms with E-state index >= 15 is 0 Å². The lowest BCUT2D eigenvalue weighted by atomic mass is 9.69. The van der Waals surface area contributed by atoms with Gasteiger partial charge in [-0.3, -0.25) is 9.80 Å². The second-order valence-electron chi connectivity index (χ2n) is 8.78. The number of aromatic nitrogens is 2. The van der Waals surface area contributed by atoms with Gasteiger partial charge in [-0.25, -0.2) is 4.98 Å². The molecule has 1 aromatic heterocycles. The van der Waals surface area contributed by atoms with Gasteiger partial charge in [0.15, 0.2) is 0 Å². The minimum atomic E-state index is 0.363. The van der Waals surface area contributed by atoms with Crippen molar-refractivity contribution in [2.75, 3.05) is 26.2 Å². The molecule has 0 N–H and O–H groups in total. The van der Waals surface area contributed by atoms with Gasteiger partial charge in [0.2, 0.25) is 0 Å². The smallest absolute Gasteiger partial charge is 0.122 e. The SMILES string of the molecule is Cn1ccnc1CN1CCC2(CC1)CN(CC1CC1)Cc1ccccc12. The summed E-state index contributed by atoms with van der Waals surface area (Å²) in [5.74, 6) is 2.15. The summed E-state index contributed by atoms with van der Waals surface area (Å²) < 4.78 is 2.15. The zero-order valence-electron chi connectivity index (χ0n) is 15.9. The van der Waals surface area contributed by atoms with Crippen LogP contribution in [0.3, 0.4) is 0 Å². The van der Waals surface area contributed by atoms with Crippen LogP contribution < -0.4 is 0 Å². The van der Waals surface area contributed by atoms with Crippen LogP contribution >= 0.6 is 0 Å². The molecule has 3 heterocycles. The summed E-state index contributed by atoms with van der Waals surface area (Å²) in [4.78, 5) is 9.87. The summed E-state index contributed by atoms with van der Waals surface area (Å²) in [6, 6.07) is 9.26. The van der Waals surface area contributed by atoms with Crippen LogP contribution in [-0.2, 0) is 25.6 Å². The van der Waals surface area contributed by atoms with Gasteiger partial charge in [-0.1, -0.05) is 24.3 Å². The van der Waals surface area contributed by atoms with Crippen molar-refractivity contribution < 1.29 is 0 Å². The molecule has 1 saturated heterocycles. The van der Waals surface area contributed by atoms with Crippen molar-refractivity contribution in [1.82, 2.24) is 19.4 Å². The fourth-order valence-electron chi connectivity index (χ4n) is 5.10. The lowest BCUT2D eigenvalue weighted by Crippen LogP contribution is -2.52. The maximum absolute atomic E-state index is 4.51. The zero-order chi connectivity index (χ0) is 17.6. The third kappa shape index (κ3) is 3.10. The third-order valence-electron chi connectivity index (χ3n) is 6.82. The first kappa shape index (κ1) is 16.5. The topological polar surface area (TPSA) is 24.3 Å². The average molecular weight is 351 g/mol. The van der Waals surface area contributed by atoms with Crippen LogP contribution in [-0.4, -0.2) is 45.5 Å². The van der Waals surface area contributed by atoms with Crippen molar-refractivity contribution in [3.63, 3.8) is 0 Å². The van der Waals surface area contributed by atoms with E-state index in [0.717, 1.165) is 19.0 Å². The molecule has 4 nitrogen and oxygen atoms in total. The van der Waals surface area contributed by atoms with Gasteiger partial charge in [-0.2, -0.15) is 0 Å². The monoisotopic (exact) mass is 350 g/mol. The molecule has 138 valence electrons. The molecular weight excluding hydrogens is 320 g/mol. The number of benzene rings is 1. The molecule has 4 heteroatoms. The zero-order valence-corrected chi connectivity index (χ0v) is 15.9. The number of rotatable bonds is 4. The minimum absolute atomic E-state index is 0.363. The Kier molecular flexibility index (Phi) is 4.13. The molecule has 2 aromatic rings. The summed E-state index contributed by atoms with van der Waals surface area (Å²) >= 11 is 0. The van der Waals surface area contributed by atoms with E-state index in [4.69, 9.17) is 0 Å². The van der Waals surface area contributed by atoms with Gasteiger partial charge in [0.05, 0.1) is 6.54 Å². The first-order valence-electron chi connectivity index (χ1n) is 10.2. The van der Waals surface area contributed by atoms with E-state index in [1.807, 2.05) is 12.4 Å². The van der Waals surface area contributed by atoms with E-state index in [1.165, 1.54) is 57.7 Å².